The third-order valence-corrected chi connectivity index (χ3v) is 3.77. The van der Waals surface area contributed by atoms with E-state index in [2.05, 4.69) is 31.1 Å². The van der Waals surface area contributed by atoms with E-state index < -0.39 is 0 Å². The molecule has 1 heterocycles. The fourth-order valence-electron chi connectivity index (χ4n) is 2.47. The Morgan fingerprint density at radius 1 is 1.30 bits per heavy atom. The maximum Gasteiger partial charge on any atom is 0.139 e. The second kappa shape index (κ2) is 6.31. The van der Waals surface area contributed by atoms with Crippen molar-refractivity contribution in [2.24, 2.45) is 0 Å². The van der Waals surface area contributed by atoms with Gasteiger partial charge in [0.1, 0.15) is 5.75 Å². The van der Waals surface area contributed by atoms with Gasteiger partial charge in [0.15, 0.2) is 0 Å². The first-order chi connectivity index (χ1) is 9.62. The average Bonchev–Trinajstić information content (AvgIpc) is 2.44. The molecule has 3 nitrogen and oxygen atoms in total. The lowest BCUT2D eigenvalue weighted by molar-refractivity contribution is 0.415. The number of methoxy groups -OCH3 is 1. The highest BCUT2D eigenvalue weighted by atomic mass is 35.5. The number of hydrogen-bond acceptors (Lipinski definition) is 3. The van der Waals surface area contributed by atoms with Gasteiger partial charge in [-0.25, -0.2) is 0 Å². The summed E-state index contributed by atoms with van der Waals surface area (Å²) < 4.78 is 5.28. The molecule has 20 heavy (non-hydrogen) atoms. The van der Waals surface area contributed by atoms with Crippen molar-refractivity contribution >= 4 is 28.2 Å². The van der Waals surface area contributed by atoms with E-state index in [1.807, 2.05) is 12.1 Å². The van der Waals surface area contributed by atoms with Crippen molar-refractivity contribution in [3.8, 4) is 5.75 Å². The zero-order valence-corrected chi connectivity index (χ0v) is 13.3. The molecule has 0 amide bonds. The van der Waals surface area contributed by atoms with E-state index in [0.717, 1.165) is 41.7 Å². The molecule has 0 unspecified atom stereocenters. The summed E-state index contributed by atoms with van der Waals surface area (Å²) in [5.41, 5.74) is 4.39. The smallest absolute Gasteiger partial charge is 0.139 e. The third-order valence-electron chi connectivity index (χ3n) is 3.47. The number of ether oxygens (including phenoxy) is 1. The van der Waals surface area contributed by atoms with Crippen LogP contribution in [0.15, 0.2) is 12.1 Å². The van der Waals surface area contributed by atoms with Gasteiger partial charge in [0, 0.05) is 29.4 Å². The summed E-state index contributed by atoms with van der Waals surface area (Å²) in [6, 6.07) is 3.85. The molecule has 0 saturated heterocycles. The Balaban J connectivity index is 2.72. The van der Waals surface area contributed by atoms with Crippen molar-refractivity contribution in [2.45, 2.75) is 33.6 Å². The van der Waals surface area contributed by atoms with E-state index in [1.165, 1.54) is 5.56 Å². The van der Waals surface area contributed by atoms with Crippen LogP contribution in [0.1, 0.15) is 31.5 Å². The van der Waals surface area contributed by atoms with Gasteiger partial charge in [-0.2, -0.15) is 0 Å². The van der Waals surface area contributed by atoms with Gasteiger partial charge in [0.25, 0.3) is 0 Å². The lowest BCUT2D eigenvalue weighted by Crippen LogP contribution is -2.06. The predicted octanol–water partition coefficient (Wildman–Crippen LogP) is 4.59. The number of rotatable bonds is 5. The van der Waals surface area contributed by atoms with Crippen LogP contribution >= 0.6 is 11.6 Å². The zero-order chi connectivity index (χ0) is 14.7. The van der Waals surface area contributed by atoms with Crippen LogP contribution in [0.4, 0.5) is 5.69 Å². The summed E-state index contributed by atoms with van der Waals surface area (Å²) in [5, 5.41) is 5.20. The molecule has 2 aromatic rings. The van der Waals surface area contributed by atoms with Gasteiger partial charge >= 0.3 is 0 Å². The van der Waals surface area contributed by atoms with Crippen molar-refractivity contribution in [1.82, 2.24) is 4.98 Å². The highest BCUT2D eigenvalue weighted by Crippen LogP contribution is 2.35. The van der Waals surface area contributed by atoms with Crippen LogP contribution in [0.5, 0.6) is 5.75 Å². The molecular formula is C16H21ClN2O. The minimum atomic E-state index is 0.618. The number of aromatic nitrogens is 1. The van der Waals surface area contributed by atoms with Crippen molar-refractivity contribution in [2.75, 3.05) is 19.0 Å². The van der Waals surface area contributed by atoms with Crippen molar-refractivity contribution in [3.05, 3.63) is 28.4 Å². The number of anilines is 1. The maximum atomic E-state index is 6.26. The molecule has 0 fully saturated rings. The zero-order valence-electron chi connectivity index (χ0n) is 12.5. The Bertz CT molecular complexity index is 626. The molecule has 4 heteroatoms. The van der Waals surface area contributed by atoms with Gasteiger partial charge in [-0.05, 0) is 31.4 Å². The van der Waals surface area contributed by atoms with Crippen LogP contribution < -0.4 is 10.1 Å². The Morgan fingerprint density at radius 3 is 2.65 bits per heavy atom. The monoisotopic (exact) mass is 292 g/mol. The summed E-state index contributed by atoms with van der Waals surface area (Å²) in [4.78, 5) is 4.69. The Labute approximate surface area is 125 Å². The molecule has 108 valence electrons. The lowest BCUT2D eigenvalue weighted by Gasteiger charge is -2.17. The number of benzene rings is 1. The normalized spacial score (nSPS) is 10.8. The molecule has 0 radical (unpaired) electrons. The topological polar surface area (TPSA) is 34.2 Å². The number of halogens is 1. The van der Waals surface area contributed by atoms with Crippen LogP contribution in [0, 0.1) is 6.92 Å². The van der Waals surface area contributed by atoms with Gasteiger partial charge in [0.05, 0.1) is 17.6 Å². The summed E-state index contributed by atoms with van der Waals surface area (Å²) in [7, 11) is 1.62. The van der Waals surface area contributed by atoms with Gasteiger partial charge in [-0.1, -0.05) is 25.4 Å². The SMILES string of the molecule is CCCNc1c(CC)c(C)nc2cc(OC)c(Cl)cc12. The van der Waals surface area contributed by atoms with E-state index >= 15 is 0 Å². The molecule has 0 aliphatic heterocycles. The fourth-order valence-corrected chi connectivity index (χ4v) is 2.71. The first kappa shape index (κ1) is 14.9. The van der Waals surface area contributed by atoms with Gasteiger partial charge in [-0.3, -0.25) is 4.98 Å². The summed E-state index contributed by atoms with van der Waals surface area (Å²) in [6.45, 7) is 7.30. The minimum absolute atomic E-state index is 0.618. The van der Waals surface area contributed by atoms with Gasteiger partial charge in [0.2, 0.25) is 0 Å². The first-order valence-corrected chi connectivity index (χ1v) is 7.40. The van der Waals surface area contributed by atoms with Crippen molar-refractivity contribution < 1.29 is 4.74 Å². The first-order valence-electron chi connectivity index (χ1n) is 7.02. The summed E-state index contributed by atoms with van der Waals surface area (Å²) in [5.74, 6) is 0.664. The minimum Gasteiger partial charge on any atom is -0.495 e. The fraction of sp³-hybridized carbons (Fsp3) is 0.438. The van der Waals surface area contributed by atoms with Gasteiger partial charge in [-0.15, -0.1) is 0 Å². The lowest BCUT2D eigenvalue weighted by atomic mass is 10.0. The molecule has 0 saturated carbocycles. The molecule has 1 aromatic heterocycles. The molecule has 0 spiro atoms. The molecule has 0 aliphatic rings. The van der Waals surface area contributed by atoms with E-state index in [0.29, 0.717) is 10.8 Å². The van der Waals surface area contributed by atoms with E-state index in [9.17, 15) is 0 Å². The number of pyridine rings is 1. The number of aryl methyl sites for hydroxylation is 1. The number of nitrogens with zero attached hydrogens (tertiary/aromatic N) is 1. The van der Waals surface area contributed by atoms with E-state index in [4.69, 9.17) is 16.3 Å². The second-order valence-electron chi connectivity index (χ2n) is 4.84. The molecule has 0 atom stereocenters. The number of fused-ring (bicyclic) bond motifs is 1. The van der Waals surface area contributed by atoms with Crippen LogP contribution in [0.3, 0.4) is 0 Å². The molecular weight excluding hydrogens is 272 g/mol. The largest absolute Gasteiger partial charge is 0.495 e. The van der Waals surface area contributed by atoms with E-state index in [1.54, 1.807) is 7.11 Å². The standard InChI is InChI=1S/C16H21ClN2O/c1-5-7-18-16-11(6-2)10(3)19-14-9-15(20-4)13(17)8-12(14)16/h8-9H,5-7H2,1-4H3,(H,18,19). The molecule has 2 rings (SSSR count). The highest BCUT2D eigenvalue weighted by molar-refractivity contribution is 6.33. The number of hydrogen-bond donors (Lipinski definition) is 1. The van der Waals surface area contributed by atoms with Gasteiger partial charge < -0.3 is 10.1 Å². The Kier molecular flexibility index (Phi) is 4.71. The summed E-state index contributed by atoms with van der Waals surface area (Å²) >= 11 is 6.26. The molecule has 1 N–H and O–H groups in total. The maximum absolute atomic E-state index is 6.26. The van der Waals surface area contributed by atoms with Crippen LogP contribution in [0.25, 0.3) is 10.9 Å². The molecule has 0 aliphatic carbocycles. The highest BCUT2D eigenvalue weighted by Gasteiger charge is 2.13. The average molecular weight is 293 g/mol. The summed E-state index contributed by atoms with van der Waals surface area (Å²) in [6.07, 6.45) is 2.03. The predicted molar refractivity (Wildman–Crippen MR) is 86.2 cm³/mol. The van der Waals surface area contributed by atoms with E-state index in [-0.39, 0.29) is 0 Å². The third kappa shape index (κ3) is 2.68. The van der Waals surface area contributed by atoms with Crippen LogP contribution in [0.2, 0.25) is 5.02 Å². The van der Waals surface area contributed by atoms with Crippen LogP contribution in [-0.4, -0.2) is 18.6 Å². The van der Waals surface area contributed by atoms with Crippen molar-refractivity contribution in [3.63, 3.8) is 0 Å². The second-order valence-corrected chi connectivity index (χ2v) is 5.24. The quantitative estimate of drug-likeness (QED) is 0.875. The molecule has 1 aromatic carbocycles. The molecule has 0 bridgehead atoms. The Morgan fingerprint density at radius 2 is 2.05 bits per heavy atom. The van der Waals surface area contributed by atoms with Crippen molar-refractivity contribution in [1.29, 1.82) is 0 Å². The number of nitrogens with one attached hydrogen (secondary N) is 1. The van der Waals surface area contributed by atoms with Crippen LogP contribution in [-0.2, 0) is 6.42 Å². The Hall–Kier alpha value is -1.48.